The quantitative estimate of drug-likeness (QED) is 0.836. The van der Waals surface area contributed by atoms with E-state index < -0.39 is 0 Å². The first-order valence-electron chi connectivity index (χ1n) is 5.54. The van der Waals surface area contributed by atoms with Crippen molar-refractivity contribution in [2.24, 2.45) is 0 Å². The number of imidazole rings is 1. The van der Waals surface area contributed by atoms with Gasteiger partial charge in [0.25, 0.3) is 0 Å². The average molecular weight is 219 g/mol. The fourth-order valence-electron chi connectivity index (χ4n) is 1.86. The molecule has 0 aliphatic carbocycles. The maximum Gasteiger partial charge on any atom is 0.110 e. The monoisotopic (exact) mass is 219 g/mol. The Labute approximate surface area is 95.3 Å². The Morgan fingerprint density at radius 1 is 1.56 bits per heavy atom. The molecule has 0 aliphatic heterocycles. The van der Waals surface area contributed by atoms with Crippen LogP contribution in [0, 0.1) is 0 Å². The van der Waals surface area contributed by atoms with Gasteiger partial charge >= 0.3 is 0 Å². The molecule has 0 fully saturated rings. The fraction of sp³-hybridized carbons (Fsp3) is 0.417. The summed E-state index contributed by atoms with van der Waals surface area (Å²) in [5, 5.41) is 3.28. The maximum absolute atomic E-state index is 5.11. The molecule has 2 heterocycles. The van der Waals surface area contributed by atoms with Crippen molar-refractivity contribution in [2.45, 2.75) is 25.9 Å². The molecule has 86 valence electrons. The van der Waals surface area contributed by atoms with Crippen molar-refractivity contribution in [2.75, 3.05) is 7.05 Å². The van der Waals surface area contributed by atoms with Crippen LogP contribution >= 0.6 is 0 Å². The summed E-state index contributed by atoms with van der Waals surface area (Å²) in [6, 6.07) is 2.24. The van der Waals surface area contributed by atoms with Gasteiger partial charge in [-0.25, -0.2) is 4.98 Å². The van der Waals surface area contributed by atoms with E-state index in [1.54, 1.807) is 12.5 Å². The van der Waals surface area contributed by atoms with E-state index >= 15 is 0 Å². The lowest BCUT2D eigenvalue weighted by Gasteiger charge is -2.14. The highest BCUT2D eigenvalue weighted by Gasteiger charge is 2.13. The molecule has 2 aromatic rings. The van der Waals surface area contributed by atoms with Crippen LogP contribution in [0.15, 0.2) is 35.4 Å². The number of nitrogens with zero attached hydrogens (tertiary/aromatic N) is 2. The van der Waals surface area contributed by atoms with Crippen LogP contribution < -0.4 is 5.32 Å². The molecular weight excluding hydrogens is 202 g/mol. The number of hydrogen-bond acceptors (Lipinski definition) is 3. The van der Waals surface area contributed by atoms with Gasteiger partial charge in [0.2, 0.25) is 0 Å². The number of hydrogen-bond donors (Lipinski definition) is 1. The topological polar surface area (TPSA) is 43.0 Å². The summed E-state index contributed by atoms with van der Waals surface area (Å²) in [6.07, 6.45) is 8.21. The molecular formula is C12H17N3O. The van der Waals surface area contributed by atoms with E-state index in [4.69, 9.17) is 4.42 Å². The summed E-state index contributed by atoms with van der Waals surface area (Å²) in [4.78, 5) is 4.38. The van der Waals surface area contributed by atoms with Crippen LogP contribution in [0.25, 0.3) is 0 Å². The van der Waals surface area contributed by atoms with Gasteiger partial charge in [-0.1, -0.05) is 0 Å². The molecule has 0 aromatic carbocycles. The van der Waals surface area contributed by atoms with E-state index in [-0.39, 0.29) is 6.04 Å². The number of furan rings is 1. The Hall–Kier alpha value is -1.55. The van der Waals surface area contributed by atoms with Gasteiger partial charge in [0.15, 0.2) is 0 Å². The lowest BCUT2D eigenvalue weighted by molar-refractivity contribution is 0.528. The molecule has 0 aliphatic rings. The van der Waals surface area contributed by atoms with Gasteiger partial charge in [0, 0.05) is 37.0 Å². The van der Waals surface area contributed by atoms with Crippen molar-refractivity contribution in [1.82, 2.24) is 14.9 Å². The first-order valence-corrected chi connectivity index (χ1v) is 5.54. The normalized spacial score (nSPS) is 12.9. The minimum atomic E-state index is 0.256. The zero-order valence-corrected chi connectivity index (χ0v) is 9.68. The summed E-state index contributed by atoms with van der Waals surface area (Å²) in [5.41, 5.74) is 1.16. The van der Waals surface area contributed by atoms with Gasteiger partial charge < -0.3 is 14.3 Å². The van der Waals surface area contributed by atoms with Crippen LogP contribution in [-0.4, -0.2) is 16.6 Å². The van der Waals surface area contributed by atoms with Gasteiger partial charge in [-0.15, -0.1) is 0 Å². The Morgan fingerprint density at radius 2 is 2.44 bits per heavy atom. The van der Waals surface area contributed by atoms with E-state index in [1.165, 1.54) is 0 Å². The van der Waals surface area contributed by atoms with Gasteiger partial charge in [-0.2, -0.15) is 0 Å². The minimum Gasteiger partial charge on any atom is -0.472 e. The molecule has 4 nitrogen and oxygen atoms in total. The molecule has 0 amide bonds. The van der Waals surface area contributed by atoms with Crippen LogP contribution in [0.2, 0.25) is 0 Å². The molecule has 0 saturated heterocycles. The predicted octanol–water partition coefficient (Wildman–Crippen LogP) is 2.00. The highest BCUT2D eigenvalue weighted by molar-refractivity contribution is 5.13. The second-order valence-electron chi connectivity index (χ2n) is 3.73. The summed E-state index contributed by atoms with van der Waals surface area (Å²) < 4.78 is 7.26. The molecule has 0 saturated carbocycles. The smallest absolute Gasteiger partial charge is 0.110 e. The van der Waals surface area contributed by atoms with Crippen molar-refractivity contribution < 1.29 is 4.42 Å². The van der Waals surface area contributed by atoms with Gasteiger partial charge in [-0.3, -0.25) is 0 Å². The van der Waals surface area contributed by atoms with E-state index in [2.05, 4.69) is 21.8 Å². The molecule has 0 radical (unpaired) electrons. The van der Waals surface area contributed by atoms with Crippen LogP contribution in [-0.2, 0) is 13.0 Å². The lowest BCUT2D eigenvalue weighted by Crippen LogP contribution is -2.20. The number of likely N-dealkylation sites (N-methyl/N-ethyl adjacent to an activating group) is 1. The average Bonchev–Trinajstić information content (AvgIpc) is 2.96. The zero-order chi connectivity index (χ0) is 11.4. The number of aromatic nitrogens is 2. The fourth-order valence-corrected chi connectivity index (χ4v) is 1.86. The second-order valence-corrected chi connectivity index (χ2v) is 3.73. The van der Waals surface area contributed by atoms with Crippen LogP contribution in [0.5, 0.6) is 0 Å². The van der Waals surface area contributed by atoms with Crippen molar-refractivity contribution >= 4 is 0 Å². The largest absolute Gasteiger partial charge is 0.472 e. The molecule has 0 spiro atoms. The molecule has 1 unspecified atom stereocenters. The SMILES string of the molecule is CCn1ccnc1CC(NC)c1ccoc1. The first-order chi connectivity index (χ1) is 7.85. The second kappa shape index (κ2) is 4.99. The highest BCUT2D eigenvalue weighted by Crippen LogP contribution is 2.17. The molecule has 1 atom stereocenters. The molecule has 2 rings (SSSR count). The van der Waals surface area contributed by atoms with Crippen molar-refractivity contribution in [3.05, 3.63) is 42.4 Å². The summed E-state index contributed by atoms with van der Waals surface area (Å²) in [6.45, 7) is 3.08. The first kappa shape index (κ1) is 11.0. The van der Waals surface area contributed by atoms with Crippen molar-refractivity contribution in [3.8, 4) is 0 Å². The third-order valence-electron chi connectivity index (χ3n) is 2.82. The summed E-state index contributed by atoms with van der Waals surface area (Å²) in [7, 11) is 1.96. The van der Waals surface area contributed by atoms with Crippen LogP contribution in [0.3, 0.4) is 0 Å². The number of rotatable bonds is 5. The highest BCUT2D eigenvalue weighted by atomic mass is 16.3. The number of nitrogens with one attached hydrogen (secondary N) is 1. The van der Waals surface area contributed by atoms with Gasteiger partial charge in [0.05, 0.1) is 12.5 Å². The minimum absolute atomic E-state index is 0.256. The molecule has 0 bridgehead atoms. The Kier molecular flexibility index (Phi) is 3.41. The number of aryl methyl sites for hydroxylation is 1. The zero-order valence-electron chi connectivity index (χ0n) is 9.68. The third kappa shape index (κ3) is 2.17. The standard InChI is InChI=1S/C12H17N3O/c1-3-15-6-5-14-12(15)8-11(13-2)10-4-7-16-9-10/h4-7,9,11,13H,3,8H2,1-2H3. The molecule has 1 N–H and O–H groups in total. The molecule has 2 aromatic heterocycles. The van der Waals surface area contributed by atoms with Crippen molar-refractivity contribution in [3.63, 3.8) is 0 Å². The Morgan fingerprint density at radius 3 is 3.06 bits per heavy atom. The summed E-state index contributed by atoms with van der Waals surface area (Å²) >= 11 is 0. The Balaban J connectivity index is 2.13. The van der Waals surface area contributed by atoms with Crippen molar-refractivity contribution in [1.29, 1.82) is 0 Å². The summed E-state index contributed by atoms with van der Waals surface area (Å²) in [5.74, 6) is 1.10. The predicted molar refractivity (Wildman–Crippen MR) is 62.1 cm³/mol. The third-order valence-corrected chi connectivity index (χ3v) is 2.82. The van der Waals surface area contributed by atoms with E-state index in [9.17, 15) is 0 Å². The maximum atomic E-state index is 5.11. The van der Waals surface area contributed by atoms with E-state index in [0.717, 1.165) is 24.4 Å². The van der Waals surface area contributed by atoms with Gasteiger partial charge in [-0.05, 0) is 20.0 Å². The van der Waals surface area contributed by atoms with E-state index in [1.807, 2.05) is 25.5 Å². The lowest BCUT2D eigenvalue weighted by atomic mass is 10.1. The Bertz CT molecular complexity index is 419. The molecule has 16 heavy (non-hydrogen) atoms. The van der Waals surface area contributed by atoms with Crippen LogP contribution in [0.4, 0.5) is 0 Å². The van der Waals surface area contributed by atoms with Crippen LogP contribution in [0.1, 0.15) is 24.4 Å². The van der Waals surface area contributed by atoms with E-state index in [0.29, 0.717) is 0 Å². The molecule has 4 heteroatoms. The van der Waals surface area contributed by atoms with Gasteiger partial charge in [0.1, 0.15) is 5.82 Å².